The van der Waals surface area contributed by atoms with Gasteiger partial charge in [-0.15, -0.1) is 0 Å². The van der Waals surface area contributed by atoms with Crippen molar-refractivity contribution in [3.63, 3.8) is 0 Å². The first-order valence-corrected chi connectivity index (χ1v) is 12.3. The molecule has 2 heterocycles. The third-order valence-corrected chi connectivity index (χ3v) is 5.13. The van der Waals surface area contributed by atoms with Crippen LogP contribution in [-0.4, -0.2) is 13.1 Å². The molecular weight excluding hydrogens is 364 g/mol. The highest BCUT2D eigenvalue weighted by molar-refractivity contribution is 5.34. The number of rotatable bonds is 2. The van der Waals surface area contributed by atoms with Gasteiger partial charge in [-0.2, -0.15) is 0 Å². The van der Waals surface area contributed by atoms with Crippen molar-refractivity contribution in [1.82, 2.24) is 10.6 Å². The van der Waals surface area contributed by atoms with E-state index in [0.29, 0.717) is 0 Å². The summed E-state index contributed by atoms with van der Waals surface area (Å²) < 4.78 is 0. The third kappa shape index (κ3) is 9.45. The monoisotopic (exact) mass is 410 g/mol. The molecule has 4 rings (SSSR count). The second-order valence-electron chi connectivity index (χ2n) is 8.18. The van der Waals surface area contributed by atoms with Crippen molar-refractivity contribution >= 4 is 0 Å². The van der Waals surface area contributed by atoms with Crippen molar-refractivity contribution in [2.45, 2.75) is 93.2 Å². The third-order valence-electron chi connectivity index (χ3n) is 5.13. The van der Waals surface area contributed by atoms with E-state index >= 15 is 0 Å². The fourth-order valence-corrected chi connectivity index (χ4v) is 3.50. The summed E-state index contributed by atoms with van der Waals surface area (Å²) in [6.07, 6.45) is 7.19. The highest BCUT2D eigenvalue weighted by Gasteiger charge is 2.08. The molecule has 0 fully saturated rings. The van der Waals surface area contributed by atoms with Crippen LogP contribution in [0.15, 0.2) is 36.4 Å². The molecule has 2 aliphatic rings. The summed E-state index contributed by atoms with van der Waals surface area (Å²) >= 11 is 0. The SMILES string of the molecule is CCC.CCC.CCc1ccc2c(c1)CCNC2.CCc1ccc2c(c1)CNCC2. The summed E-state index contributed by atoms with van der Waals surface area (Å²) in [4.78, 5) is 0. The highest BCUT2D eigenvalue weighted by atomic mass is 14.9. The summed E-state index contributed by atoms with van der Waals surface area (Å²) in [6, 6.07) is 13.7. The van der Waals surface area contributed by atoms with Crippen LogP contribution in [0.4, 0.5) is 0 Å². The zero-order valence-electron chi connectivity index (χ0n) is 20.5. The lowest BCUT2D eigenvalue weighted by atomic mass is 9.98. The van der Waals surface area contributed by atoms with Crippen LogP contribution in [0, 0.1) is 0 Å². The Kier molecular flexibility index (Phi) is 14.2. The molecule has 2 aliphatic heterocycles. The Morgan fingerprint density at radius 1 is 0.567 bits per heavy atom. The zero-order chi connectivity index (χ0) is 22.2. The predicted octanol–water partition coefficient (Wildman–Crippen LogP) is 6.62. The topological polar surface area (TPSA) is 24.1 Å². The van der Waals surface area contributed by atoms with Gasteiger partial charge in [-0.3, -0.25) is 0 Å². The van der Waals surface area contributed by atoms with Crippen LogP contribution >= 0.6 is 0 Å². The first-order valence-electron chi connectivity index (χ1n) is 12.3. The van der Waals surface area contributed by atoms with E-state index in [2.05, 4.69) is 88.6 Å². The van der Waals surface area contributed by atoms with Crippen LogP contribution in [-0.2, 0) is 38.8 Å². The summed E-state index contributed by atoms with van der Waals surface area (Å²) in [6.45, 7) is 17.3. The lowest BCUT2D eigenvalue weighted by Gasteiger charge is -2.17. The molecule has 2 heteroatoms. The van der Waals surface area contributed by atoms with Gasteiger partial charge in [0.25, 0.3) is 0 Å². The Morgan fingerprint density at radius 2 is 1.00 bits per heavy atom. The van der Waals surface area contributed by atoms with E-state index in [1.54, 1.807) is 5.56 Å². The first kappa shape index (κ1) is 26.4. The number of hydrogen-bond acceptors (Lipinski definition) is 2. The van der Waals surface area contributed by atoms with Gasteiger partial charge >= 0.3 is 0 Å². The lowest BCUT2D eigenvalue weighted by Crippen LogP contribution is -2.23. The number of nitrogens with one attached hydrogen (secondary N) is 2. The van der Waals surface area contributed by atoms with Crippen LogP contribution < -0.4 is 10.6 Å². The maximum Gasteiger partial charge on any atom is 0.0208 e. The normalized spacial score (nSPS) is 13.8. The minimum atomic E-state index is 1.05. The number of benzene rings is 2. The predicted molar refractivity (Wildman–Crippen MR) is 134 cm³/mol. The van der Waals surface area contributed by atoms with Crippen molar-refractivity contribution in [3.8, 4) is 0 Å². The molecule has 30 heavy (non-hydrogen) atoms. The average Bonchev–Trinajstić information content (AvgIpc) is 2.80. The molecule has 2 nitrogen and oxygen atoms in total. The van der Waals surface area contributed by atoms with Gasteiger partial charge in [0.15, 0.2) is 0 Å². The molecule has 2 aromatic carbocycles. The molecule has 0 saturated heterocycles. The van der Waals surface area contributed by atoms with E-state index in [-0.39, 0.29) is 0 Å². The van der Waals surface area contributed by atoms with Crippen molar-refractivity contribution in [2.24, 2.45) is 0 Å². The maximum absolute atomic E-state index is 3.39. The Morgan fingerprint density at radius 3 is 1.53 bits per heavy atom. The van der Waals surface area contributed by atoms with E-state index in [1.165, 1.54) is 53.5 Å². The quantitative estimate of drug-likeness (QED) is 0.581. The van der Waals surface area contributed by atoms with Crippen LogP contribution in [0.2, 0.25) is 0 Å². The van der Waals surface area contributed by atoms with Crippen molar-refractivity contribution in [1.29, 1.82) is 0 Å². The molecule has 0 amide bonds. The van der Waals surface area contributed by atoms with Gasteiger partial charge in [0.1, 0.15) is 0 Å². The fraction of sp³-hybridized carbons (Fsp3) is 0.571. The molecular formula is C28H46N2. The smallest absolute Gasteiger partial charge is 0.0208 e. The van der Waals surface area contributed by atoms with E-state index in [4.69, 9.17) is 0 Å². The van der Waals surface area contributed by atoms with Gasteiger partial charge in [0, 0.05) is 13.1 Å². The standard InChI is InChI=1S/2C11H15N.2C3H8/c1-2-9-3-4-11-8-12-6-5-10(11)7-9;1-2-9-3-4-10-5-6-12-8-11(10)7-9;2*1-3-2/h2*3-4,7,12H,2,5-6,8H2,1H3;2*3H2,1-2H3. The largest absolute Gasteiger partial charge is 0.312 e. The number of hydrogen-bond donors (Lipinski definition) is 2. The number of aryl methyl sites for hydroxylation is 2. The summed E-state index contributed by atoms with van der Waals surface area (Å²) in [7, 11) is 0. The second kappa shape index (κ2) is 16.1. The Labute approximate surface area is 186 Å². The molecule has 0 bridgehead atoms. The van der Waals surface area contributed by atoms with Crippen LogP contribution in [0.1, 0.15) is 87.8 Å². The fourth-order valence-electron chi connectivity index (χ4n) is 3.50. The van der Waals surface area contributed by atoms with Crippen molar-refractivity contribution in [2.75, 3.05) is 13.1 Å². The minimum Gasteiger partial charge on any atom is -0.312 e. The van der Waals surface area contributed by atoms with Gasteiger partial charge in [-0.25, -0.2) is 0 Å². The second-order valence-corrected chi connectivity index (χ2v) is 8.18. The zero-order valence-corrected chi connectivity index (χ0v) is 20.5. The molecule has 2 N–H and O–H groups in total. The molecule has 0 radical (unpaired) electrons. The molecule has 0 aliphatic carbocycles. The Hall–Kier alpha value is -1.64. The molecule has 0 spiro atoms. The van der Waals surface area contributed by atoms with Crippen LogP contribution in [0.5, 0.6) is 0 Å². The van der Waals surface area contributed by atoms with E-state index in [1.807, 2.05) is 0 Å². The maximum atomic E-state index is 3.39. The lowest BCUT2D eigenvalue weighted by molar-refractivity contribution is 0.643. The van der Waals surface area contributed by atoms with E-state index in [0.717, 1.165) is 39.0 Å². The average molecular weight is 411 g/mol. The van der Waals surface area contributed by atoms with Gasteiger partial charge in [-0.1, -0.05) is 90.8 Å². The van der Waals surface area contributed by atoms with Gasteiger partial charge in [-0.05, 0) is 72.2 Å². The van der Waals surface area contributed by atoms with Crippen LogP contribution in [0.25, 0.3) is 0 Å². The first-order chi connectivity index (χ1) is 14.6. The van der Waals surface area contributed by atoms with Crippen molar-refractivity contribution in [3.05, 3.63) is 69.8 Å². The molecule has 0 aromatic heterocycles. The van der Waals surface area contributed by atoms with Gasteiger partial charge < -0.3 is 10.6 Å². The van der Waals surface area contributed by atoms with E-state index < -0.39 is 0 Å². The van der Waals surface area contributed by atoms with Gasteiger partial charge in [0.05, 0.1) is 0 Å². The highest BCUT2D eigenvalue weighted by Crippen LogP contribution is 2.16. The van der Waals surface area contributed by atoms with Gasteiger partial charge in [0.2, 0.25) is 0 Å². The molecule has 0 saturated carbocycles. The molecule has 0 unspecified atom stereocenters. The van der Waals surface area contributed by atoms with Crippen molar-refractivity contribution < 1.29 is 0 Å². The summed E-state index contributed by atoms with van der Waals surface area (Å²) in [5.41, 5.74) is 8.99. The Bertz CT molecular complexity index is 644. The molecule has 0 atom stereocenters. The Balaban J connectivity index is 0.000000239. The summed E-state index contributed by atoms with van der Waals surface area (Å²) in [5, 5.41) is 6.77. The number of fused-ring (bicyclic) bond motifs is 2. The minimum absolute atomic E-state index is 1.05. The molecule has 2 aromatic rings. The molecule has 168 valence electrons. The van der Waals surface area contributed by atoms with Crippen LogP contribution in [0.3, 0.4) is 0 Å². The van der Waals surface area contributed by atoms with E-state index in [9.17, 15) is 0 Å². The summed E-state index contributed by atoms with van der Waals surface area (Å²) in [5.74, 6) is 0.